The number of aromatic amines is 1. The molecule has 0 fully saturated rings. The Hall–Kier alpha value is -3.41. The molecule has 1 aromatic heterocycles. The van der Waals surface area contributed by atoms with Crippen molar-refractivity contribution in [2.24, 2.45) is 0 Å². The topological polar surface area (TPSA) is 134 Å². The predicted molar refractivity (Wildman–Crippen MR) is 127 cm³/mol. The predicted octanol–water partition coefficient (Wildman–Crippen LogP) is 2.35. The van der Waals surface area contributed by atoms with Crippen LogP contribution in [-0.2, 0) is 34.4 Å². The van der Waals surface area contributed by atoms with Crippen molar-refractivity contribution in [2.45, 2.75) is 50.3 Å². The average molecular weight is 501 g/mol. The smallest absolute Gasteiger partial charge is 0.269 e. The van der Waals surface area contributed by atoms with Crippen LogP contribution in [0.4, 0.5) is 0 Å². The van der Waals surface area contributed by atoms with Gasteiger partial charge in [-0.05, 0) is 36.2 Å². The van der Waals surface area contributed by atoms with Crippen LogP contribution in [0.15, 0.2) is 64.3 Å². The van der Waals surface area contributed by atoms with E-state index in [0.717, 1.165) is 22.7 Å². The van der Waals surface area contributed by atoms with Crippen molar-refractivity contribution in [3.05, 3.63) is 81.8 Å². The number of aryl methyl sites for hydroxylation is 1. The van der Waals surface area contributed by atoms with Crippen molar-refractivity contribution < 1.29 is 23.2 Å². The van der Waals surface area contributed by atoms with Crippen molar-refractivity contribution >= 4 is 15.9 Å². The summed E-state index contributed by atoms with van der Waals surface area (Å²) < 4.78 is 35.4. The second-order valence-electron chi connectivity index (χ2n) is 8.30. The van der Waals surface area contributed by atoms with E-state index in [1.54, 1.807) is 16.8 Å². The number of hydroxylamine groups is 1. The lowest BCUT2D eigenvalue weighted by Crippen LogP contribution is -2.48. The number of ether oxygens (including phenoxy) is 1. The van der Waals surface area contributed by atoms with Crippen LogP contribution in [0, 0.1) is 0 Å². The van der Waals surface area contributed by atoms with Gasteiger partial charge in [-0.15, -0.1) is 0 Å². The number of fused-ring (bicyclic) bond motifs is 1. The fourth-order valence-corrected chi connectivity index (χ4v) is 5.80. The Labute approximate surface area is 203 Å². The van der Waals surface area contributed by atoms with Crippen LogP contribution in [0.5, 0.6) is 5.75 Å². The monoisotopic (exact) mass is 500 g/mol. The highest BCUT2D eigenvalue weighted by atomic mass is 32.2. The van der Waals surface area contributed by atoms with Crippen LogP contribution < -0.4 is 15.8 Å². The van der Waals surface area contributed by atoms with E-state index in [-0.39, 0.29) is 23.4 Å². The Balaban J connectivity index is 1.61. The number of rotatable bonds is 9. The van der Waals surface area contributed by atoms with Gasteiger partial charge in [-0.3, -0.25) is 24.6 Å². The van der Waals surface area contributed by atoms with E-state index in [9.17, 15) is 23.2 Å². The molecule has 11 heteroatoms. The van der Waals surface area contributed by atoms with Gasteiger partial charge in [-0.1, -0.05) is 43.7 Å². The molecule has 0 bridgehead atoms. The SMILES string of the molecule is CCCCn1[nH]c(=O)c2c1CCN(S(=O)(=O)c1ccc(OCc3ccccc3)cc1)C2C(=O)NO. The highest BCUT2D eigenvalue weighted by Gasteiger charge is 2.43. The lowest BCUT2D eigenvalue weighted by molar-refractivity contribution is -0.133. The number of nitrogens with one attached hydrogen (secondary N) is 2. The van der Waals surface area contributed by atoms with E-state index in [1.165, 1.54) is 17.6 Å². The van der Waals surface area contributed by atoms with E-state index in [1.807, 2.05) is 37.3 Å². The highest BCUT2D eigenvalue weighted by molar-refractivity contribution is 7.89. The minimum atomic E-state index is -4.17. The summed E-state index contributed by atoms with van der Waals surface area (Å²) in [6.07, 6.45) is 1.97. The molecule has 0 saturated heterocycles. The summed E-state index contributed by atoms with van der Waals surface area (Å²) in [5.74, 6) is -0.501. The fraction of sp³-hybridized carbons (Fsp3) is 0.333. The Morgan fingerprint density at radius 3 is 2.54 bits per heavy atom. The van der Waals surface area contributed by atoms with Gasteiger partial charge >= 0.3 is 0 Å². The molecule has 3 N–H and O–H groups in total. The van der Waals surface area contributed by atoms with E-state index >= 15 is 0 Å². The lowest BCUT2D eigenvalue weighted by atomic mass is 10.0. The molecule has 1 atom stereocenters. The number of sulfonamides is 1. The molecule has 1 aliphatic heterocycles. The lowest BCUT2D eigenvalue weighted by Gasteiger charge is -2.33. The fourth-order valence-electron chi connectivity index (χ4n) is 4.24. The summed E-state index contributed by atoms with van der Waals surface area (Å²) >= 11 is 0. The van der Waals surface area contributed by atoms with Crippen molar-refractivity contribution in [1.29, 1.82) is 0 Å². The van der Waals surface area contributed by atoms with Crippen LogP contribution in [0.25, 0.3) is 0 Å². The summed E-state index contributed by atoms with van der Waals surface area (Å²) in [5.41, 5.74) is 2.56. The summed E-state index contributed by atoms with van der Waals surface area (Å²) in [5, 5.41) is 12.0. The van der Waals surface area contributed by atoms with Gasteiger partial charge in [0.1, 0.15) is 18.4 Å². The van der Waals surface area contributed by atoms with E-state index in [2.05, 4.69) is 5.10 Å². The van der Waals surface area contributed by atoms with Crippen LogP contribution in [0.3, 0.4) is 0 Å². The first kappa shape index (κ1) is 24.7. The van der Waals surface area contributed by atoms with Gasteiger partial charge in [0.25, 0.3) is 11.5 Å². The molecule has 1 amide bonds. The second-order valence-corrected chi connectivity index (χ2v) is 10.2. The molecule has 10 nitrogen and oxygen atoms in total. The second kappa shape index (κ2) is 10.5. The minimum absolute atomic E-state index is 0.0247. The highest BCUT2D eigenvalue weighted by Crippen LogP contribution is 2.33. The molecule has 186 valence electrons. The summed E-state index contributed by atoms with van der Waals surface area (Å²) in [4.78, 5) is 25.3. The number of H-pyrrole nitrogens is 1. The summed E-state index contributed by atoms with van der Waals surface area (Å²) in [6, 6.07) is 14.0. The molecule has 0 saturated carbocycles. The first-order valence-electron chi connectivity index (χ1n) is 11.4. The molecule has 2 aromatic carbocycles. The third kappa shape index (κ3) is 5.02. The molecule has 3 aromatic rings. The Bertz CT molecular complexity index is 1330. The maximum absolute atomic E-state index is 13.5. The third-order valence-electron chi connectivity index (χ3n) is 6.02. The summed E-state index contributed by atoms with van der Waals surface area (Å²) in [6.45, 7) is 2.87. The normalized spacial score (nSPS) is 16.0. The van der Waals surface area contributed by atoms with E-state index in [0.29, 0.717) is 24.6 Å². The zero-order valence-corrected chi connectivity index (χ0v) is 20.1. The zero-order chi connectivity index (χ0) is 25.0. The number of hydrogen-bond acceptors (Lipinski definition) is 6. The Kier molecular flexibility index (Phi) is 7.39. The molecular formula is C24H28N4O6S. The molecule has 35 heavy (non-hydrogen) atoms. The van der Waals surface area contributed by atoms with Crippen LogP contribution in [0.1, 0.15) is 42.6 Å². The maximum Gasteiger partial charge on any atom is 0.269 e. The molecule has 2 heterocycles. The maximum atomic E-state index is 13.5. The third-order valence-corrected chi connectivity index (χ3v) is 7.90. The summed E-state index contributed by atoms with van der Waals surface area (Å²) in [7, 11) is -4.17. The van der Waals surface area contributed by atoms with Gasteiger partial charge < -0.3 is 4.74 Å². The number of aromatic nitrogens is 2. The van der Waals surface area contributed by atoms with Gasteiger partial charge in [0.2, 0.25) is 10.0 Å². The number of benzene rings is 2. The largest absolute Gasteiger partial charge is 0.489 e. The van der Waals surface area contributed by atoms with Gasteiger partial charge in [0, 0.05) is 25.2 Å². The van der Waals surface area contributed by atoms with Crippen molar-refractivity contribution in [1.82, 2.24) is 19.6 Å². The molecule has 0 spiro atoms. The van der Waals surface area contributed by atoms with Crippen LogP contribution in [0.2, 0.25) is 0 Å². The van der Waals surface area contributed by atoms with Crippen molar-refractivity contribution in [3.8, 4) is 5.75 Å². The Morgan fingerprint density at radius 2 is 1.89 bits per heavy atom. The molecule has 4 rings (SSSR count). The van der Waals surface area contributed by atoms with Crippen LogP contribution in [-0.4, -0.2) is 40.2 Å². The van der Waals surface area contributed by atoms with Crippen molar-refractivity contribution in [3.63, 3.8) is 0 Å². The molecule has 0 aliphatic carbocycles. The quantitative estimate of drug-likeness (QED) is 0.305. The number of amides is 1. The minimum Gasteiger partial charge on any atom is -0.489 e. The van der Waals surface area contributed by atoms with Gasteiger partial charge in [-0.2, -0.15) is 4.31 Å². The molecule has 1 unspecified atom stereocenters. The average Bonchev–Trinajstić information content (AvgIpc) is 3.21. The van der Waals surface area contributed by atoms with E-state index in [4.69, 9.17) is 4.74 Å². The van der Waals surface area contributed by atoms with Crippen LogP contribution >= 0.6 is 0 Å². The van der Waals surface area contributed by atoms with Gasteiger partial charge in [0.05, 0.1) is 10.5 Å². The number of unbranched alkanes of at least 4 members (excludes halogenated alkanes) is 1. The zero-order valence-electron chi connectivity index (χ0n) is 19.3. The number of nitrogens with zero attached hydrogens (tertiary/aromatic N) is 2. The number of carbonyl (C=O) groups excluding carboxylic acids is 1. The standard InChI is InChI=1S/C24H28N4O6S/c1-2-3-14-27-20-13-15-28(22(24(30)26-31)21(20)23(29)25-27)35(32,33)19-11-9-18(10-12-19)34-16-17-7-5-4-6-8-17/h4-12,22,31H,2-3,13-16H2,1H3,(H,25,29)(H,26,30). The molecular weight excluding hydrogens is 472 g/mol. The van der Waals surface area contributed by atoms with Gasteiger partial charge in [-0.25, -0.2) is 13.9 Å². The van der Waals surface area contributed by atoms with E-state index < -0.39 is 27.5 Å². The van der Waals surface area contributed by atoms with Gasteiger partial charge in [0.15, 0.2) is 0 Å². The first-order valence-corrected chi connectivity index (χ1v) is 12.8. The van der Waals surface area contributed by atoms with Crippen molar-refractivity contribution in [2.75, 3.05) is 6.54 Å². The number of hydrogen-bond donors (Lipinski definition) is 3. The Morgan fingerprint density at radius 1 is 1.17 bits per heavy atom. The number of carbonyl (C=O) groups is 1. The molecule has 1 aliphatic rings. The molecule has 0 radical (unpaired) electrons. The first-order chi connectivity index (χ1) is 16.9.